The predicted octanol–water partition coefficient (Wildman–Crippen LogP) is 3.70. The minimum Gasteiger partial charge on any atom is -0.374 e. The standard InChI is InChI=1S/C17H17BrN4O3/c1-2-16(20-14-8-6-13(18)7-9-14)17(23)21-19-11-12-4-3-5-15(10-12)22(24)25/h3-11,16,20H,2H2,1H3,(H,21,23)/b19-11+. The molecule has 1 unspecified atom stereocenters. The molecule has 2 rings (SSSR count). The summed E-state index contributed by atoms with van der Waals surface area (Å²) in [6.07, 6.45) is 1.95. The van der Waals surface area contributed by atoms with Crippen LogP contribution in [0.4, 0.5) is 11.4 Å². The first-order chi connectivity index (χ1) is 12.0. The topological polar surface area (TPSA) is 96.6 Å². The molecule has 0 fully saturated rings. The molecule has 2 aromatic rings. The van der Waals surface area contributed by atoms with Gasteiger partial charge in [0.25, 0.3) is 11.6 Å². The van der Waals surface area contributed by atoms with Crippen molar-refractivity contribution in [2.24, 2.45) is 5.10 Å². The normalized spacial score (nSPS) is 11.9. The van der Waals surface area contributed by atoms with E-state index in [2.05, 4.69) is 31.8 Å². The van der Waals surface area contributed by atoms with E-state index in [4.69, 9.17) is 0 Å². The lowest BCUT2D eigenvalue weighted by molar-refractivity contribution is -0.384. The van der Waals surface area contributed by atoms with Crippen LogP contribution in [0.15, 0.2) is 58.1 Å². The zero-order valence-corrected chi connectivity index (χ0v) is 15.1. The second-order valence-corrected chi connectivity index (χ2v) is 6.11. The largest absolute Gasteiger partial charge is 0.374 e. The minimum atomic E-state index is -0.481. The highest BCUT2D eigenvalue weighted by molar-refractivity contribution is 9.10. The smallest absolute Gasteiger partial charge is 0.270 e. The molecule has 0 aliphatic rings. The molecule has 0 bridgehead atoms. The second-order valence-electron chi connectivity index (χ2n) is 5.20. The molecule has 0 spiro atoms. The molecule has 0 radical (unpaired) electrons. The molecule has 0 saturated carbocycles. The maximum atomic E-state index is 12.2. The van der Waals surface area contributed by atoms with Crippen LogP contribution in [-0.2, 0) is 4.79 Å². The van der Waals surface area contributed by atoms with Crippen LogP contribution in [0.5, 0.6) is 0 Å². The second kappa shape index (κ2) is 8.93. The zero-order valence-electron chi connectivity index (χ0n) is 13.5. The lowest BCUT2D eigenvalue weighted by Crippen LogP contribution is -2.36. The Balaban J connectivity index is 1.96. The molecule has 0 aromatic heterocycles. The van der Waals surface area contributed by atoms with Crippen molar-refractivity contribution >= 4 is 39.4 Å². The number of hydrazone groups is 1. The van der Waals surface area contributed by atoms with Crippen molar-refractivity contribution in [3.63, 3.8) is 0 Å². The van der Waals surface area contributed by atoms with E-state index >= 15 is 0 Å². The number of hydrogen-bond donors (Lipinski definition) is 2. The van der Waals surface area contributed by atoms with Crippen LogP contribution < -0.4 is 10.7 Å². The maximum absolute atomic E-state index is 12.2. The van der Waals surface area contributed by atoms with Gasteiger partial charge >= 0.3 is 0 Å². The summed E-state index contributed by atoms with van der Waals surface area (Å²) in [5, 5.41) is 17.7. The van der Waals surface area contributed by atoms with Crippen molar-refractivity contribution in [3.8, 4) is 0 Å². The fraction of sp³-hybridized carbons (Fsp3) is 0.176. The predicted molar refractivity (Wildman–Crippen MR) is 101 cm³/mol. The number of rotatable bonds is 7. The Hall–Kier alpha value is -2.74. The molecule has 1 atom stereocenters. The monoisotopic (exact) mass is 404 g/mol. The highest BCUT2D eigenvalue weighted by Crippen LogP contribution is 2.15. The van der Waals surface area contributed by atoms with Gasteiger partial charge in [-0.3, -0.25) is 14.9 Å². The third-order valence-corrected chi connectivity index (χ3v) is 3.91. The molecular weight excluding hydrogens is 388 g/mol. The number of carbonyl (C=O) groups is 1. The van der Waals surface area contributed by atoms with Crippen molar-refractivity contribution in [2.45, 2.75) is 19.4 Å². The van der Waals surface area contributed by atoms with Crippen LogP contribution in [0.1, 0.15) is 18.9 Å². The molecule has 2 aromatic carbocycles. The molecule has 0 aliphatic carbocycles. The summed E-state index contributed by atoms with van der Waals surface area (Å²) in [5.41, 5.74) is 3.78. The summed E-state index contributed by atoms with van der Waals surface area (Å²) in [6, 6.07) is 13.1. The van der Waals surface area contributed by atoms with Gasteiger partial charge in [0.15, 0.2) is 0 Å². The zero-order chi connectivity index (χ0) is 18.2. The Labute approximate surface area is 153 Å². The molecule has 25 heavy (non-hydrogen) atoms. The van der Waals surface area contributed by atoms with Crippen molar-refractivity contribution < 1.29 is 9.72 Å². The number of halogens is 1. The number of nitro benzene ring substituents is 1. The summed E-state index contributed by atoms with van der Waals surface area (Å²) >= 11 is 3.36. The van der Waals surface area contributed by atoms with E-state index in [1.54, 1.807) is 12.1 Å². The lowest BCUT2D eigenvalue weighted by Gasteiger charge is -2.16. The van der Waals surface area contributed by atoms with Gasteiger partial charge in [-0.15, -0.1) is 0 Å². The van der Waals surface area contributed by atoms with Gasteiger partial charge in [0, 0.05) is 27.9 Å². The van der Waals surface area contributed by atoms with Crippen molar-refractivity contribution in [2.75, 3.05) is 5.32 Å². The number of anilines is 1. The first kappa shape index (κ1) is 18.6. The van der Waals surface area contributed by atoms with Gasteiger partial charge in [-0.25, -0.2) is 5.43 Å². The summed E-state index contributed by atoms with van der Waals surface area (Å²) in [5.74, 6) is -0.285. The molecular formula is C17H17BrN4O3. The Kier molecular flexibility index (Phi) is 6.64. The summed E-state index contributed by atoms with van der Waals surface area (Å²) < 4.78 is 0.956. The van der Waals surface area contributed by atoms with Gasteiger partial charge in [-0.05, 0) is 30.7 Å². The van der Waals surface area contributed by atoms with E-state index in [1.165, 1.54) is 18.3 Å². The van der Waals surface area contributed by atoms with E-state index in [9.17, 15) is 14.9 Å². The molecule has 2 N–H and O–H groups in total. The van der Waals surface area contributed by atoms with Crippen LogP contribution in [0, 0.1) is 10.1 Å². The molecule has 7 nitrogen and oxygen atoms in total. The summed E-state index contributed by atoms with van der Waals surface area (Å²) in [6.45, 7) is 1.89. The Morgan fingerprint density at radius 3 is 2.68 bits per heavy atom. The molecule has 0 heterocycles. The number of carbonyl (C=O) groups excluding carboxylic acids is 1. The number of hydrogen-bond acceptors (Lipinski definition) is 5. The average Bonchev–Trinajstić information content (AvgIpc) is 2.61. The Morgan fingerprint density at radius 2 is 2.04 bits per heavy atom. The molecule has 8 heteroatoms. The van der Waals surface area contributed by atoms with E-state index in [-0.39, 0.29) is 11.6 Å². The van der Waals surface area contributed by atoms with Crippen LogP contribution in [0.25, 0.3) is 0 Å². The van der Waals surface area contributed by atoms with Gasteiger partial charge in [0.2, 0.25) is 0 Å². The summed E-state index contributed by atoms with van der Waals surface area (Å²) in [7, 11) is 0. The fourth-order valence-electron chi connectivity index (χ4n) is 2.07. The Bertz CT molecular complexity index is 778. The van der Waals surface area contributed by atoms with Crippen molar-refractivity contribution in [1.29, 1.82) is 0 Å². The van der Waals surface area contributed by atoms with Gasteiger partial charge in [-0.1, -0.05) is 35.0 Å². The minimum absolute atomic E-state index is 0.0291. The van der Waals surface area contributed by atoms with Crippen LogP contribution in [-0.4, -0.2) is 23.1 Å². The first-order valence-electron chi connectivity index (χ1n) is 7.59. The number of nitrogens with zero attached hydrogens (tertiary/aromatic N) is 2. The molecule has 0 saturated heterocycles. The highest BCUT2D eigenvalue weighted by Gasteiger charge is 2.15. The number of nitrogens with one attached hydrogen (secondary N) is 2. The number of non-ortho nitro benzene ring substituents is 1. The molecule has 130 valence electrons. The SMILES string of the molecule is CCC(Nc1ccc(Br)cc1)C(=O)N/N=C/c1cccc([N+](=O)[O-])c1. The third kappa shape index (κ3) is 5.68. The summed E-state index contributed by atoms with van der Waals surface area (Å²) in [4.78, 5) is 22.5. The van der Waals surface area contributed by atoms with Crippen molar-refractivity contribution in [1.82, 2.24) is 5.43 Å². The third-order valence-electron chi connectivity index (χ3n) is 3.38. The Morgan fingerprint density at radius 1 is 1.32 bits per heavy atom. The maximum Gasteiger partial charge on any atom is 0.270 e. The number of amides is 1. The quantitative estimate of drug-likeness (QED) is 0.417. The fourth-order valence-corrected chi connectivity index (χ4v) is 2.33. The first-order valence-corrected chi connectivity index (χ1v) is 8.38. The van der Waals surface area contributed by atoms with Crippen molar-refractivity contribution in [3.05, 3.63) is 68.7 Å². The van der Waals surface area contributed by atoms with E-state index in [0.717, 1.165) is 10.2 Å². The average molecular weight is 405 g/mol. The highest BCUT2D eigenvalue weighted by atomic mass is 79.9. The van der Waals surface area contributed by atoms with Gasteiger partial charge < -0.3 is 5.32 Å². The van der Waals surface area contributed by atoms with E-state index in [1.807, 2.05) is 31.2 Å². The van der Waals surface area contributed by atoms with Gasteiger partial charge in [0.05, 0.1) is 11.1 Å². The van der Waals surface area contributed by atoms with Gasteiger partial charge in [-0.2, -0.15) is 5.10 Å². The van der Waals surface area contributed by atoms with Gasteiger partial charge in [0.1, 0.15) is 6.04 Å². The van der Waals surface area contributed by atoms with E-state index in [0.29, 0.717) is 12.0 Å². The molecule has 0 aliphatic heterocycles. The number of benzene rings is 2. The lowest BCUT2D eigenvalue weighted by atomic mass is 10.2. The van der Waals surface area contributed by atoms with E-state index < -0.39 is 11.0 Å². The van der Waals surface area contributed by atoms with Crippen LogP contribution >= 0.6 is 15.9 Å². The number of nitro groups is 1. The molecule has 1 amide bonds. The van der Waals surface area contributed by atoms with Crippen LogP contribution in [0.3, 0.4) is 0 Å². The van der Waals surface area contributed by atoms with Crippen LogP contribution in [0.2, 0.25) is 0 Å².